The molecule has 92 valence electrons. The van der Waals surface area contributed by atoms with Crippen LogP contribution in [0.4, 0.5) is 0 Å². The highest BCUT2D eigenvalue weighted by Crippen LogP contribution is 2.04. The van der Waals surface area contributed by atoms with Gasteiger partial charge in [0.2, 0.25) is 18.2 Å². The van der Waals surface area contributed by atoms with Crippen molar-refractivity contribution in [1.29, 1.82) is 0 Å². The topological polar surface area (TPSA) is 101 Å². The fraction of sp³-hybridized carbons (Fsp3) is 0.700. The number of primary amides is 1. The number of carbonyl (C=O) groups excluding carboxylic acids is 3. The van der Waals surface area contributed by atoms with Gasteiger partial charge in [-0.05, 0) is 19.3 Å². The van der Waals surface area contributed by atoms with Gasteiger partial charge in [-0.3, -0.25) is 14.4 Å². The summed E-state index contributed by atoms with van der Waals surface area (Å²) in [6.07, 6.45) is 0.918. The summed E-state index contributed by atoms with van der Waals surface area (Å²) in [7, 11) is 0. The summed E-state index contributed by atoms with van der Waals surface area (Å²) < 4.78 is 0. The molecule has 0 saturated carbocycles. The molecule has 0 aromatic carbocycles. The minimum Gasteiger partial charge on any atom is -0.368 e. The number of hydrogen-bond acceptors (Lipinski definition) is 3. The second-order valence-corrected chi connectivity index (χ2v) is 4.10. The maximum Gasteiger partial charge on any atom is 0.242 e. The molecule has 0 aliphatic heterocycles. The fourth-order valence-corrected chi connectivity index (χ4v) is 1.19. The molecular formula is C10H19N3O3. The van der Waals surface area contributed by atoms with Crippen molar-refractivity contribution in [3.8, 4) is 0 Å². The van der Waals surface area contributed by atoms with Crippen LogP contribution >= 0.6 is 0 Å². The second kappa shape index (κ2) is 6.81. The molecule has 0 aliphatic rings. The minimum absolute atomic E-state index is 0.243. The monoisotopic (exact) mass is 229 g/mol. The van der Waals surface area contributed by atoms with E-state index in [4.69, 9.17) is 5.73 Å². The van der Waals surface area contributed by atoms with Crippen LogP contribution in [0.2, 0.25) is 0 Å². The molecule has 2 atom stereocenters. The first-order valence-corrected chi connectivity index (χ1v) is 5.17. The lowest BCUT2D eigenvalue weighted by Gasteiger charge is -2.19. The molecule has 0 radical (unpaired) electrons. The Labute approximate surface area is 94.9 Å². The third-order valence-electron chi connectivity index (χ3n) is 2.08. The second-order valence-electron chi connectivity index (χ2n) is 4.10. The Balaban J connectivity index is 4.33. The van der Waals surface area contributed by atoms with Gasteiger partial charge in [0.15, 0.2) is 0 Å². The molecule has 0 heterocycles. The molecule has 0 rings (SSSR count). The number of nitrogens with two attached hydrogens (primary N) is 1. The van der Waals surface area contributed by atoms with Crippen LogP contribution in [0, 0.1) is 5.92 Å². The lowest BCUT2D eigenvalue weighted by atomic mass is 10.0. The summed E-state index contributed by atoms with van der Waals surface area (Å²) in [5.74, 6) is -0.746. The molecule has 2 unspecified atom stereocenters. The zero-order valence-electron chi connectivity index (χ0n) is 9.82. The summed E-state index contributed by atoms with van der Waals surface area (Å²) in [5.41, 5.74) is 5.16. The Bertz CT molecular complexity index is 266. The maximum absolute atomic E-state index is 11.5. The fourth-order valence-electron chi connectivity index (χ4n) is 1.19. The molecule has 0 fully saturated rings. The molecule has 0 spiro atoms. The Hall–Kier alpha value is -1.59. The molecule has 6 heteroatoms. The normalized spacial score (nSPS) is 14.0. The van der Waals surface area contributed by atoms with E-state index < -0.39 is 23.9 Å². The minimum atomic E-state index is -0.691. The Kier molecular flexibility index (Phi) is 6.14. The first-order chi connectivity index (χ1) is 7.38. The highest BCUT2D eigenvalue weighted by Gasteiger charge is 2.21. The summed E-state index contributed by atoms with van der Waals surface area (Å²) in [6, 6.07) is -1.37. The predicted molar refractivity (Wildman–Crippen MR) is 59.2 cm³/mol. The average molecular weight is 229 g/mol. The number of rotatable bonds is 7. The van der Waals surface area contributed by atoms with Crippen molar-refractivity contribution in [2.45, 2.75) is 39.3 Å². The molecule has 0 aromatic rings. The number of hydrogen-bond donors (Lipinski definition) is 3. The lowest BCUT2D eigenvalue weighted by molar-refractivity contribution is -0.129. The molecular weight excluding hydrogens is 210 g/mol. The van der Waals surface area contributed by atoms with E-state index in [-0.39, 0.29) is 5.92 Å². The third-order valence-corrected chi connectivity index (χ3v) is 2.08. The van der Waals surface area contributed by atoms with Gasteiger partial charge in [-0.1, -0.05) is 13.8 Å². The third kappa shape index (κ3) is 5.33. The molecule has 0 saturated heterocycles. The molecule has 3 amide bonds. The quantitative estimate of drug-likeness (QED) is 0.495. The number of nitrogens with one attached hydrogen (secondary N) is 2. The zero-order valence-corrected chi connectivity index (χ0v) is 9.82. The van der Waals surface area contributed by atoms with Crippen molar-refractivity contribution >= 4 is 18.2 Å². The van der Waals surface area contributed by atoms with Crippen LogP contribution in [-0.4, -0.2) is 30.3 Å². The molecule has 4 N–H and O–H groups in total. The largest absolute Gasteiger partial charge is 0.368 e. The van der Waals surface area contributed by atoms with Gasteiger partial charge in [-0.25, -0.2) is 0 Å². The van der Waals surface area contributed by atoms with Crippen LogP contribution < -0.4 is 16.4 Å². The van der Waals surface area contributed by atoms with E-state index in [0.717, 1.165) is 0 Å². The van der Waals surface area contributed by atoms with E-state index in [2.05, 4.69) is 10.6 Å². The van der Waals surface area contributed by atoms with Crippen LogP contribution in [0.3, 0.4) is 0 Å². The van der Waals surface area contributed by atoms with Crippen LogP contribution in [0.1, 0.15) is 27.2 Å². The van der Waals surface area contributed by atoms with Crippen LogP contribution in [0.25, 0.3) is 0 Å². The Morgan fingerprint density at radius 2 is 1.88 bits per heavy atom. The summed E-state index contributed by atoms with van der Waals surface area (Å²) in [4.78, 5) is 32.7. The van der Waals surface area contributed by atoms with Crippen LogP contribution in [0.15, 0.2) is 0 Å². The van der Waals surface area contributed by atoms with Crippen molar-refractivity contribution in [3.05, 3.63) is 0 Å². The molecule has 0 aliphatic carbocycles. The van der Waals surface area contributed by atoms with Gasteiger partial charge < -0.3 is 16.4 Å². The van der Waals surface area contributed by atoms with Gasteiger partial charge >= 0.3 is 0 Å². The first kappa shape index (κ1) is 14.4. The number of carbonyl (C=O) groups is 3. The molecule has 6 nitrogen and oxygen atoms in total. The molecule has 16 heavy (non-hydrogen) atoms. The van der Waals surface area contributed by atoms with E-state index in [1.807, 2.05) is 13.8 Å². The van der Waals surface area contributed by atoms with E-state index >= 15 is 0 Å². The van der Waals surface area contributed by atoms with E-state index in [9.17, 15) is 14.4 Å². The van der Waals surface area contributed by atoms with Crippen molar-refractivity contribution < 1.29 is 14.4 Å². The van der Waals surface area contributed by atoms with E-state index in [0.29, 0.717) is 12.8 Å². The van der Waals surface area contributed by atoms with Crippen molar-refractivity contribution in [2.75, 3.05) is 0 Å². The van der Waals surface area contributed by atoms with E-state index in [1.54, 1.807) is 0 Å². The smallest absolute Gasteiger partial charge is 0.242 e. The highest BCUT2D eigenvalue weighted by atomic mass is 16.2. The first-order valence-electron chi connectivity index (χ1n) is 5.17. The average Bonchev–Trinajstić information content (AvgIpc) is 2.16. The van der Waals surface area contributed by atoms with Crippen LogP contribution in [-0.2, 0) is 14.4 Å². The van der Waals surface area contributed by atoms with Crippen LogP contribution in [0.5, 0.6) is 0 Å². The van der Waals surface area contributed by atoms with Gasteiger partial charge in [0.05, 0.1) is 0 Å². The van der Waals surface area contributed by atoms with Crippen molar-refractivity contribution in [1.82, 2.24) is 10.6 Å². The molecule has 0 bridgehead atoms. The van der Waals surface area contributed by atoms with Gasteiger partial charge in [-0.2, -0.15) is 0 Å². The predicted octanol–water partition coefficient (Wildman–Crippen LogP) is -0.863. The van der Waals surface area contributed by atoms with Gasteiger partial charge in [0.1, 0.15) is 12.1 Å². The van der Waals surface area contributed by atoms with E-state index in [1.165, 1.54) is 6.92 Å². The number of amides is 3. The zero-order chi connectivity index (χ0) is 12.7. The van der Waals surface area contributed by atoms with Gasteiger partial charge in [-0.15, -0.1) is 0 Å². The van der Waals surface area contributed by atoms with Crippen molar-refractivity contribution in [2.24, 2.45) is 11.7 Å². The van der Waals surface area contributed by atoms with Gasteiger partial charge in [0.25, 0.3) is 0 Å². The summed E-state index contributed by atoms with van der Waals surface area (Å²) >= 11 is 0. The maximum atomic E-state index is 11.5. The summed E-state index contributed by atoms with van der Waals surface area (Å²) in [5, 5.41) is 4.80. The highest BCUT2D eigenvalue weighted by molar-refractivity contribution is 5.89. The lowest BCUT2D eigenvalue weighted by Crippen LogP contribution is -2.51. The van der Waals surface area contributed by atoms with Crippen molar-refractivity contribution in [3.63, 3.8) is 0 Å². The van der Waals surface area contributed by atoms with Gasteiger partial charge in [0, 0.05) is 0 Å². The Morgan fingerprint density at radius 1 is 1.31 bits per heavy atom. The standard InChI is InChI=1S/C10H19N3O3/c1-6(2)4-8(9(11)15)13-10(16)7(3)12-5-14/h5-8H,4H2,1-3H3,(H2,11,15)(H,12,14)(H,13,16). The summed E-state index contributed by atoms with van der Waals surface area (Å²) in [6.45, 7) is 5.38. The SMILES string of the molecule is CC(C)CC(NC(=O)C(C)NC=O)C(N)=O. The Morgan fingerprint density at radius 3 is 2.25 bits per heavy atom. The molecule has 0 aromatic heterocycles.